The van der Waals surface area contributed by atoms with Gasteiger partial charge in [0.1, 0.15) is 5.75 Å². The molecule has 4 rings (SSSR count). The molecule has 2 aromatic carbocycles. The lowest BCUT2D eigenvalue weighted by Gasteiger charge is -2.37. The average Bonchev–Trinajstić information content (AvgIpc) is 2.87. The molecule has 0 unspecified atom stereocenters. The van der Waals surface area contributed by atoms with Crippen LogP contribution in [0.25, 0.3) is 11.1 Å². The van der Waals surface area contributed by atoms with Gasteiger partial charge in [-0.3, -0.25) is 20.2 Å². The number of aromatic nitrogens is 2. The van der Waals surface area contributed by atoms with E-state index in [0.717, 1.165) is 11.1 Å². The van der Waals surface area contributed by atoms with E-state index in [4.69, 9.17) is 14.3 Å². The Labute approximate surface area is 207 Å². The number of nitro groups is 1. The predicted octanol–water partition coefficient (Wildman–Crippen LogP) is 5.02. The number of hydrogen-bond donors (Lipinski definition) is 1. The number of ether oxygens (including phenoxy) is 3. The standard InChI is InChI=1S/C23H22N4O5.C2H4O2/c1-23(11-2-12-23)15-31-21-24-13-17(14-25-21)16-3-5-18(6-4-16)26-22(28)32-20-9-7-19(8-10-20)27(29)30;1-4-2-3/h3-10,13-14H,2,11-12,15H2,1H3,(H,26,28);2H,1H3. The minimum Gasteiger partial charge on any atom is -0.471 e. The van der Waals surface area contributed by atoms with E-state index in [1.165, 1.54) is 50.6 Å². The molecule has 36 heavy (non-hydrogen) atoms. The number of hydrogen-bond acceptors (Lipinski definition) is 9. The van der Waals surface area contributed by atoms with Gasteiger partial charge >= 0.3 is 12.1 Å². The van der Waals surface area contributed by atoms with E-state index in [1.54, 1.807) is 24.5 Å². The van der Waals surface area contributed by atoms with Gasteiger partial charge in [0.25, 0.3) is 12.2 Å². The van der Waals surface area contributed by atoms with Gasteiger partial charge in [-0.25, -0.2) is 14.8 Å². The van der Waals surface area contributed by atoms with Gasteiger partial charge < -0.3 is 14.2 Å². The van der Waals surface area contributed by atoms with Gasteiger partial charge in [-0.05, 0) is 42.7 Å². The van der Waals surface area contributed by atoms with Crippen LogP contribution in [0.1, 0.15) is 26.2 Å². The second kappa shape index (κ2) is 12.2. The van der Waals surface area contributed by atoms with Crippen molar-refractivity contribution >= 4 is 23.9 Å². The lowest BCUT2D eigenvalue weighted by molar-refractivity contribution is -0.384. The Morgan fingerprint density at radius 2 is 1.69 bits per heavy atom. The van der Waals surface area contributed by atoms with Crippen LogP contribution in [0.2, 0.25) is 0 Å². The SMILES string of the molecule is CC1(COc2ncc(-c3ccc(NC(=O)Oc4ccc([N+](=O)[O-])cc4)cc3)cn2)CCC1.COC=O. The van der Waals surface area contributed by atoms with Crippen molar-refractivity contribution in [2.24, 2.45) is 5.41 Å². The highest BCUT2D eigenvalue weighted by atomic mass is 16.6. The Balaban J connectivity index is 0.000000840. The summed E-state index contributed by atoms with van der Waals surface area (Å²) in [6.07, 6.45) is 6.31. The van der Waals surface area contributed by atoms with Gasteiger partial charge in [-0.1, -0.05) is 25.5 Å². The van der Waals surface area contributed by atoms with E-state index in [-0.39, 0.29) is 16.9 Å². The summed E-state index contributed by atoms with van der Waals surface area (Å²) in [6.45, 7) is 3.21. The molecular formula is C25H26N4O7. The lowest BCUT2D eigenvalue weighted by atomic mass is 9.71. The number of methoxy groups -OCH3 is 1. The van der Waals surface area contributed by atoms with Gasteiger partial charge in [0.15, 0.2) is 0 Å². The van der Waals surface area contributed by atoms with Crippen LogP contribution in [0.3, 0.4) is 0 Å². The first-order valence-electron chi connectivity index (χ1n) is 11.1. The van der Waals surface area contributed by atoms with Gasteiger partial charge in [0.05, 0.1) is 18.6 Å². The summed E-state index contributed by atoms with van der Waals surface area (Å²) in [5.41, 5.74) is 2.41. The number of amides is 1. The van der Waals surface area contributed by atoms with Crippen LogP contribution >= 0.6 is 0 Å². The Kier molecular flexibility index (Phi) is 8.87. The third kappa shape index (κ3) is 7.49. The summed E-state index contributed by atoms with van der Waals surface area (Å²) >= 11 is 0. The molecule has 188 valence electrons. The summed E-state index contributed by atoms with van der Waals surface area (Å²) in [7, 11) is 1.31. The van der Waals surface area contributed by atoms with Crippen molar-refractivity contribution in [2.75, 3.05) is 19.0 Å². The third-order valence-corrected chi connectivity index (χ3v) is 5.56. The topological polar surface area (TPSA) is 143 Å². The summed E-state index contributed by atoms with van der Waals surface area (Å²) in [5.74, 6) is 0.204. The summed E-state index contributed by atoms with van der Waals surface area (Å²) in [6, 6.07) is 12.7. The molecular weight excluding hydrogens is 468 g/mol. The fourth-order valence-corrected chi connectivity index (χ4v) is 3.34. The highest BCUT2D eigenvalue weighted by molar-refractivity contribution is 5.86. The van der Waals surface area contributed by atoms with Crippen LogP contribution in [-0.4, -0.2) is 41.2 Å². The highest BCUT2D eigenvalue weighted by Gasteiger charge is 2.32. The molecule has 11 nitrogen and oxygen atoms in total. The smallest absolute Gasteiger partial charge is 0.417 e. The first-order valence-corrected chi connectivity index (χ1v) is 11.1. The summed E-state index contributed by atoms with van der Waals surface area (Å²) < 4.78 is 14.7. The number of nitro benzene ring substituents is 1. The number of benzene rings is 2. The van der Waals surface area contributed by atoms with Gasteiger partial charge in [-0.2, -0.15) is 0 Å². The fourth-order valence-electron chi connectivity index (χ4n) is 3.34. The van der Waals surface area contributed by atoms with E-state index in [0.29, 0.717) is 24.8 Å². The first-order chi connectivity index (χ1) is 17.3. The van der Waals surface area contributed by atoms with Crippen LogP contribution in [0.5, 0.6) is 11.8 Å². The van der Waals surface area contributed by atoms with Crippen molar-refractivity contribution in [3.8, 4) is 22.9 Å². The van der Waals surface area contributed by atoms with Crippen molar-refractivity contribution in [1.29, 1.82) is 0 Å². The Hall–Kier alpha value is -4.54. The Morgan fingerprint density at radius 3 is 2.19 bits per heavy atom. The summed E-state index contributed by atoms with van der Waals surface area (Å²) in [4.78, 5) is 39.7. The lowest BCUT2D eigenvalue weighted by Crippen LogP contribution is -2.32. The normalized spacial score (nSPS) is 13.2. The molecule has 0 spiro atoms. The summed E-state index contributed by atoms with van der Waals surface area (Å²) in [5, 5.41) is 13.3. The van der Waals surface area contributed by atoms with E-state index < -0.39 is 11.0 Å². The van der Waals surface area contributed by atoms with E-state index >= 15 is 0 Å². The molecule has 1 aliphatic carbocycles. The van der Waals surface area contributed by atoms with Crippen LogP contribution in [-0.2, 0) is 9.53 Å². The zero-order valence-corrected chi connectivity index (χ0v) is 19.9. The molecule has 1 heterocycles. The first kappa shape index (κ1) is 26.1. The molecule has 0 saturated heterocycles. The van der Waals surface area contributed by atoms with Gasteiger partial charge in [0, 0.05) is 41.2 Å². The minimum absolute atomic E-state index is 0.0791. The van der Waals surface area contributed by atoms with Gasteiger partial charge in [0.2, 0.25) is 0 Å². The maximum absolute atomic E-state index is 12.0. The number of nitrogens with one attached hydrogen (secondary N) is 1. The number of non-ortho nitro benzene ring substituents is 1. The van der Waals surface area contributed by atoms with Crippen molar-refractivity contribution in [1.82, 2.24) is 9.97 Å². The van der Waals surface area contributed by atoms with Crippen molar-refractivity contribution in [3.63, 3.8) is 0 Å². The Morgan fingerprint density at radius 1 is 1.08 bits per heavy atom. The minimum atomic E-state index is -0.698. The van der Waals surface area contributed by atoms with E-state index in [9.17, 15) is 14.9 Å². The predicted molar refractivity (Wildman–Crippen MR) is 131 cm³/mol. The third-order valence-electron chi connectivity index (χ3n) is 5.56. The van der Waals surface area contributed by atoms with Crippen LogP contribution < -0.4 is 14.8 Å². The number of carbonyl (C=O) groups is 2. The van der Waals surface area contributed by atoms with Gasteiger partial charge in [-0.15, -0.1) is 0 Å². The molecule has 1 aliphatic rings. The molecule has 3 aromatic rings. The number of anilines is 1. The van der Waals surface area contributed by atoms with E-state index in [1.807, 2.05) is 12.1 Å². The molecule has 1 fully saturated rings. The molecule has 0 atom stereocenters. The van der Waals surface area contributed by atoms with Crippen LogP contribution in [0, 0.1) is 15.5 Å². The molecule has 0 bridgehead atoms. The molecule has 1 amide bonds. The van der Waals surface area contributed by atoms with Crippen LogP contribution in [0.15, 0.2) is 60.9 Å². The van der Waals surface area contributed by atoms with Crippen LogP contribution in [0.4, 0.5) is 16.2 Å². The number of carbonyl (C=O) groups excluding carboxylic acids is 2. The molecule has 0 radical (unpaired) electrons. The zero-order valence-electron chi connectivity index (χ0n) is 19.9. The molecule has 1 saturated carbocycles. The average molecular weight is 495 g/mol. The molecule has 1 N–H and O–H groups in total. The van der Waals surface area contributed by atoms with Crippen molar-refractivity contribution in [3.05, 3.63) is 71.0 Å². The monoisotopic (exact) mass is 494 g/mol. The van der Waals surface area contributed by atoms with E-state index in [2.05, 4.69) is 26.9 Å². The zero-order chi connectivity index (χ0) is 26.0. The molecule has 1 aromatic heterocycles. The maximum Gasteiger partial charge on any atom is 0.417 e. The second-order valence-corrected chi connectivity index (χ2v) is 8.38. The maximum atomic E-state index is 12.0. The fraction of sp³-hybridized carbons (Fsp3) is 0.280. The molecule has 11 heteroatoms. The largest absolute Gasteiger partial charge is 0.471 e. The van der Waals surface area contributed by atoms with Crippen molar-refractivity contribution < 1.29 is 28.7 Å². The van der Waals surface area contributed by atoms with Crippen molar-refractivity contribution in [2.45, 2.75) is 26.2 Å². The molecule has 0 aliphatic heterocycles. The number of nitrogens with zero attached hydrogens (tertiary/aromatic N) is 3. The quantitative estimate of drug-likeness (QED) is 0.259. The Bertz CT molecular complexity index is 1160. The highest BCUT2D eigenvalue weighted by Crippen LogP contribution is 2.40. The second-order valence-electron chi connectivity index (χ2n) is 8.38. The number of rotatable bonds is 8.